The van der Waals surface area contributed by atoms with Crippen LogP contribution in [0.3, 0.4) is 0 Å². The summed E-state index contributed by atoms with van der Waals surface area (Å²) in [6, 6.07) is 11.6. The summed E-state index contributed by atoms with van der Waals surface area (Å²) >= 11 is 1.22. The molecule has 11 heteroatoms. The van der Waals surface area contributed by atoms with E-state index in [1.807, 2.05) is 6.07 Å². The van der Waals surface area contributed by atoms with Crippen molar-refractivity contribution in [2.75, 3.05) is 15.8 Å². The summed E-state index contributed by atoms with van der Waals surface area (Å²) in [7, 11) is -3.88. The topological polar surface area (TPSA) is 138 Å². The summed E-state index contributed by atoms with van der Waals surface area (Å²) < 4.78 is 27.7. The lowest BCUT2D eigenvalue weighted by molar-refractivity contribution is -0.113. The van der Waals surface area contributed by atoms with Gasteiger partial charge in [0.1, 0.15) is 11.1 Å². The Morgan fingerprint density at radius 2 is 1.74 bits per heavy atom. The van der Waals surface area contributed by atoms with Crippen molar-refractivity contribution in [2.45, 2.75) is 49.5 Å². The molecule has 9 nitrogen and oxygen atoms in total. The number of aromatic nitrogens is 3. The average Bonchev–Trinajstić information content (AvgIpc) is 2.81. The maximum atomic E-state index is 12.7. The monoisotopic (exact) mass is 508 g/mol. The van der Waals surface area contributed by atoms with Crippen LogP contribution in [-0.2, 0) is 27.7 Å². The van der Waals surface area contributed by atoms with Gasteiger partial charge in [-0.2, -0.15) is 5.26 Å². The van der Waals surface area contributed by atoms with E-state index < -0.39 is 10.0 Å². The fourth-order valence-corrected chi connectivity index (χ4v) is 5.52. The van der Waals surface area contributed by atoms with Crippen molar-refractivity contribution in [1.29, 1.82) is 5.26 Å². The van der Waals surface area contributed by atoms with Crippen LogP contribution in [0.2, 0.25) is 0 Å². The molecule has 0 radical (unpaired) electrons. The molecule has 1 amide bonds. The zero-order valence-corrected chi connectivity index (χ0v) is 21.0. The fourth-order valence-electron chi connectivity index (χ4n) is 3.80. The Balaban J connectivity index is 1.38. The SMILES string of the molecule is Cc1cc(C)nc(NS(=O)(=O)c2ccc(NC(=O)CSc3nc4c(cc3C#N)CCCC4)cc2)n1. The molecule has 1 aliphatic carbocycles. The minimum atomic E-state index is -3.88. The molecular weight excluding hydrogens is 484 g/mol. The van der Waals surface area contributed by atoms with Crippen LogP contribution >= 0.6 is 11.8 Å². The highest BCUT2D eigenvalue weighted by molar-refractivity contribution is 8.00. The Labute approximate surface area is 208 Å². The molecule has 0 saturated heterocycles. The van der Waals surface area contributed by atoms with E-state index in [9.17, 15) is 18.5 Å². The number of carbonyl (C=O) groups is 1. The highest BCUT2D eigenvalue weighted by Gasteiger charge is 2.18. The maximum Gasteiger partial charge on any atom is 0.264 e. The first kappa shape index (κ1) is 24.6. The molecule has 2 aromatic heterocycles. The van der Waals surface area contributed by atoms with Gasteiger partial charge in [0.15, 0.2) is 0 Å². The van der Waals surface area contributed by atoms with Gasteiger partial charge in [0, 0.05) is 22.8 Å². The number of benzene rings is 1. The van der Waals surface area contributed by atoms with Gasteiger partial charge in [-0.3, -0.25) is 4.79 Å². The number of nitriles is 1. The predicted octanol–water partition coefficient (Wildman–Crippen LogP) is 3.77. The smallest absolute Gasteiger partial charge is 0.264 e. The number of sulfonamides is 1. The van der Waals surface area contributed by atoms with E-state index in [4.69, 9.17) is 0 Å². The Morgan fingerprint density at radius 3 is 2.43 bits per heavy atom. The summed E-state index contributed by atoms with van der Waals surface area (Å²) in [5, 5.41) is 12.8. The van der Waals surface area contributed by atoms with Crippen molar-refractivity contribution in [3.8, 4) is 6.07 Å². The summed E-state index contributed by atoms with van der Waals surface area (Å²) in [5.74, 6) is -0.202. The molecular formula is C24H24N6O3S2. The molecule has 0 bridgehead atoms. The number of thioether (sulfide) groups is 1. The van der Waals surface area contributed by atoms with Gasteiger partial charge in [-0.25, -0.2) is 28.1 Å². The summed E-state index contributed by atoms with van der Waals surface area (Å²) in [5.41, 5.74) is 4.37. The number of carbonyl (C=O) groups excluding carboxylic acids is 1. The molecule has 0 saturated carbocycles. The van der Waals surface area contributed by atoms with Gasteiger partial charge in [-0.1, -0.05) is 11.8 Å². The Hall–Kier alpha value is -3.49. The van der Waals surface area contributed by atoms with Crippen LogP contribution in [0.4, 0.5) is 11.6 Å². The first-order chi connectivity index (χ1) is 16.7. The normalized spacial score (nSPS) is 12.9. The quantitative estimate of drug-likeness (QED) is 0.460. The van der Waals surface area contributed by atoms with Gasteiger partial charge in [0.2, 0.25) is 11.9 Å². The van der Waals surface area contributed by atoms with Gasteiger partial charge >= 0.3 is 0 Å². The highest BCUT2D eigenvalue weighted by atomic mass is 32.2. The second-order valence-corrected chi connectivity index (χ2v) is 10.9. The molecule has 3 aromatic rings. The van der Waals surface area contributed by atoms with Gasteiger partial charge in [-0.15, -0.1) is 0 Å². The van der Waals surface area contributed by atoms with Crippen molar-refractivity contribution in [3.05, 3.63) is 64.6 Å². The van der Waals surface area contributed by atoms with Crippen LogP contribution < -0.4 is 10.0 Å². The molecule has 0 spiro atoms. The summed E-state index contributed by atoms with van der Waals surface area (Å²) in [4.78, 5) is 25.3. The summed E-state index contributed by atoms with van der Waals surface area (Å²) in [6.45, 7) is 3.51. The van der Waals surface area contributed by atoms with Crippen LogP contribution in [0, 0.1) is 25.2 Å². The van der Waals surface area contributed by atoms with Crippen molar-refractivity contribution >= 4 is 39.3 Å². The van der Waals surface area contributed by atoms with Crippen molar-refractivity contribution in [3.63, 3.8) is 0 Å². The largest absolute Gasteiger partial charge is 0.325 e. The minimum Gasteiger partial charge on any atom is -0.325 e. The van der Waals surface area contributed by atoms with Gasteiger partial charge in [0.05, 0.1) is 16.2 Å². The summed E-state index contributed by atoms with van der Waals surface area (Å²) in [6.07, 6.45) is 4.00. The Kier molecular flexibility index (Phi) is 7.33. The molecule has 0 aliphatic heterocycles. The number of pyridine rings is 1. The van der Waals surface area contributed by atoms with Gasteiger partial charge in [-0.05, 0) is 81.5 Å². The standard InChI is InChI=1S/C24H24N6O3S2/c1-15-11-16(2)27-24(26-15)30-35(32,33)20-9-7-19(8-10-20)28-22(31)14-34-23-18(13-25)12-17-5-3-4-6-21(17)29-23/h7-12H,3-6,14H2,1-2H3,(H,28,31)(H,26,27,30). The van der Waals surface area contributed by atoms with Crippen LogP contribution in [0.25, 0.3) is 0 Å². The molecule has 35 heavy (non-hydrogen) atoms. The number of rotatable bonds is 7. The van der Waals surface area contributed by atoms with Gasteiger partial charge < -0.3 is 5.32 Å². The van der Waals surface area contributed by atoms with Crippen LogP contribution in [0.1, 0.15) is 41.1 Å². The Bertz CT molecular complexity index is 1400. The van der Waals surface area contributed by atoms with Crippen LogP contribution in [-0.4, -0.2) is 35.0 Å². The van der Waals surface area contributed by atoms with E-state index in [0.717, 1.165) is 36.9 Å². The molecule has 1 aromatic carbocycles. The minimum absolute atomic E-state index is 0.00410. The van der Waals surface area contributed by atoms with E-state index in [1.165, 1.54) is 36.0 Å². The third kappa shape index (κ3) is 6.15. The lowest BCUT2D eigenvalue weighted by Gasteiger charge is -2.16. The van der Waals surface area contributed by atoms with E-state index in [1.54, 1.807) is 19.9 Å². The second-order valence-electron chi connectivity index (χ2n) is 8.21. The third-order valence-electron chi connectivity index (χ3n) is 5.38. The molecule has 180 valence electrons. The first-order valence-corrected chi connectivity index (χ1v) is 13.5. The van der Waals surface area contributed by atoms with E-state index in [-0.39, 0.29) is 22.5 Å². The molecule has 0 fully saturated rings. The molecule has 0 unspecified atom stereocenters. The van der Waals surface area contributed by atoms with Gasteiger partial charge in [0.25, 0.3) is 10.0 Å². The van der Waals surface area contributed by atoms with E-state index in [0.29, 0.717) is 27.7 Å². The number of amides is 1. The highest BCUT2D eigenvalue weighted by Crippen LogP contribution is 2.27. The maximum absolute atomic E-state index is 12.7. The number of nitrogens with zero attached hydrogens (tertiary/aromatic N) is 4. The number of hydrogen-bond donors (Lipinski definition) is 2. The number of nitrogens with one attached hydrogen (secondary N) is 2. The molecule has 2 heterocycles. The number of fused-ring (bicyclic) bond motifs is 1. The van der Waals surface area contributed by atoms with E-state index in [2.05, 4.69) is 31.1 Å². The zero-order valence-electron chi connectivity index (χ0n) is 19.3. The van der Waals surface area contributed by atoms with Crippen molar-refractivity contribution in [1.82, 2.24) is 15.0 Å². The molecule has 2 N–H and O–H groups in total. The fraction of sp³-hybridized carbons (Fsp3) is 0.292. The second kappa shape index (κ2) is 10.4. The van der Waals surface area contributed by atoms with E-state index >= 15 is 0 Å². The molecule has 4 rings (SSSR count). The van der Waals surface area contributed by atoms with Crippen molar-refractivity contribution in [2.24, 2.45) is 0 Å². The Morgan fingerprint density at radius 1 is 1.06 bits per heavy atom. The zero-order chi connectivity index (χ0) is 25.0. The number of aryl methyl sites for hydroxylation is 4. The average molecular weight is 509 g/mol. The molecule has 0 atom stereocenters. The number of hydrogen-bond acceptors (Lipinski definition) is 8. The lowest BCUT2D eigenvalue weighted by Crippen LogP contribution is -2.17. The van der Waals surface area contributed by atoms with Crippen molar-refractivity contribution < 1.29 is 13.2 Å². The third-order valence-corrected chi connectivity index (χ3v) is 7.72. The predicted molar refractivity (Wildman–Crippen MR) is 134 cm³/mol. The van der Waals surface area contributed by atoms with Crippen LogP contribution in [0.15, 0.2) is 46.3 Å². The van der Waals surface area contributed by atoms with Crippen LogP contribution in [0.5, 0.6) is 0 Å². The number of anilines is 2. The first-order valence-electron chi connectivity index (χ1n) is 11.0. The lowest BCUT2D eigenvalue weighted by atomic mass is 9.95. The molecule has 1 aliphatic rings.